The Hall–Kier alpha value is -1.56. The number of piperidine rings is 1. The summed E-state index contributed by atoms with van der Waals surface area (Å²) >= 11 is 0. The fourth-order valence-electron chi connectivity index (χ4n) is 2.92. The molecule has 1 fully saturated rings. The number of carbonyl (C=O) groups is 1. The van der Waals surface area contributed by atoms with Crippen molar-refractivity contribution in [1.29, 1.82) is 0 Å². The van der Waals surface area contributed by atoms with Crippen LogP contribution in [0.15, 0.2) is 18.3 Å². The molecule has 146 valence electrons. The average molecular weight is 378 g/mol. The summed E-state index contributed by atoms with van der Waals surface area (Å²) in [4.78, 5) is 18.7. The summed E-state index contributed by atoms with van der Waals surface area (Å²) in [5.41, 5.74) is 0. The Kier molecular flexibility index (Phi) is 6.37. The molecule has 0 saturated carbocycles. The molecule has 1 aromatic heterocycles. The summed E-state index contributed by atoms with van der Waals surface area (Å²) in [6.07, 6.45) is 3.87. The minimum atomic E-state index is -1.87. The second-order valence-corrected chi connectivity index (χ2v) is 14.0. The molecule has 1 N–H and O–H groups in total. The van der Waals surface area contributed by atoms with Crippen molar-refractivity contribution in [2.24, 2.45) is 11.8 Å². The summed E-state index contributed by atoms with van der Waals surface area (Å²) < 4.78 is 6.23. The maximum Gasteiger partial charge on any atom is 0.323 e. The average Bonchev–Trinajstić information content (AvgIpc) is 2.55. The largest absolute Gasteiger partial charge is 0.542 e. The summed E-state index contributed by atoms with van der Waals surface area (Å²) in [6, 6.07) is 3.66. The fourth-order valence-corrected chi connectivity index (χ4v) is 3.94. The van der Waals surface area contributed by atoms with E-state index in [0.29, 0.717) is 11.7 Å². The molecule has 0 aromatic carbocycles. The van der Waals surface area contributed by atoms with Crippen LogP contribution in [0.2, 0.25) is 18.1 Å². The summed E-state index contributed by atoms with van der Waals surface area (Å²) in [5, 5.41) is 3.05. The van der Waals surface area contributed by atoms with Crippen molar-refractivity contribution in [2.45, 2.75) is 65.6 Å². The quantitative estimate of drug-likeness (QED) is 0.718. The lowest BCUT2D eigenvalue weighted by Gasteiger charge is -2.36. The van der Waals surface area contributed by atoms with Crippen LogP contribution < -0.4 is 9.74 Å². The van der Waals surface area contributed by atoms with Crippen LogP contribution in [0.25, 0.3) is 0 Å². The number of anilines is 1. The van der Waals surface area contributed by atoms with Gasteiger partial charge in [-0.25, -0.2) is 9.78 Å². The van der Waals surface area contributed by atoms with E-state index in [4.69, 9.17) is 4.43 Å². The standard InChI is InChI=1S/C20H35N3O2Si/c1-15(2)16-10-12-23(13-11-16)19(24)22-18-9-8-17(14-21-18)25-26(6,7)20(3,4)5/h8-9,14-16H,10-13H2,1-7H3,(H,21,22,24). The molecule has 5 nitrogen and oxygen atoms in total. The van der Waals surface area contributed by atoms with Gasteiger partial charge in [-0.2, -0.15) is 0 Å². The number of nitrogens with one attached hydrogen (secondary N) is 1. The van der Waals surface area contributed by atoms with Gasteiger partial charge in [-0.15, -0.1) is 0 Å². The Labute approximate surface area is 159 Å². The van der Waals surface area contributed by atoms with Gasteiger partial charge in [0.1, 0.15) is 11.6 Å². The van der Waals surface area contributed by atoms with E-state index < -0.39 is 8.32 Å². The van der Waals surface area contributed by atoms with Crippen molar-refractivity contribution in [3.63, 3.8) is 0 Å². The van der Waals surface area contributed by atoms with Crippen molar-refractivity contribution in [3.05, 3.63) is 18.3 Å². The molecule has 26 heavy (non-hydrogen) atoms. The second-order valence-electron chi connectivity index (χ2n) is 9.24. The monoisotopic (exact) mass is 377 g/mol. The van der Waals surface area contributed by atoms with E-state index in [1.807, 2.05) is 17.0 Å². The number of amides is 2. The highest BCUT2D eigenvalue weighted by Gasteiger charge is 2.39. The van der Waals surface area contributed by atoms with E-state index in [0.717, 1.165) is 37.6 Å². The summed E-state index contributed by atoms with van der Waals surface area (Å²) in [6.45, 7) is 17.2. The number of pyridine rings is 1. The number of hydrogen-bond donors (Lipinski definition) is 1. The van der Waals surface area contributed by atoms with Crippen LogP contribution in [-0.4, -0.2) is 37.3 Å². The molecule has 1 aromatic rings. The zero-order valence-corrected chi connectivity index (χ0v) is 18.4. The van der Waals surface area contributed by atoms with E-state index >= 15 is 0 Å². The maximum atomic E-state index is 12.4. The van der Waals surface area contributed by atoms with E-state index in [9.17, 15) is 4.79 Å². The number of urea groups is 1. The minimum absolute atomic E-state index is 0.0576. The van der Waals surface area contributed by atoms with Crippen molar-refractivity contribution >= 4 is 20.2 Å². The molecular weight excluding hydrogens is 342 g/mol. The van der Waals surface area contributed by atoms with Crippen molar-refractivity contribution in [3.8, 4) is 5.75 Å². The molecule has 0 bridgehead atoms. The lowest BCUT2D eigenvalue weighted by molar-refractivity contribution is 0.167. The van der Waals surface area contributed by atoms with Crippen LogP contribution in [0.5, 0.6) is 5.75 Å². The smallest absolute Gasteiger partial charge is 0.323 e. The summed E-state index contributed by atoms with van der Waals surface area (Å²) in [7, 11) is -1.87. The predicted molar refractivity (Wildman–Crippen MR) is 110 cm³/mol. The van der Waals surface area contributed by atoms with Gasteiger partial charge in [-0.3, -0.25) is 5.32 Å². The SMILES string of the molecule is CC(C)C1CCN(C(=O)Nc2ccc(O[Si](C)(C)C(C)(C)C)cn2)CC1. The Morgan fingerprint density at radius 3 is 2.35 bits per heavy atom. The van der Waals surface area contributed by atoms with Gasteiger partial charge in [0.05, 0.1) is 6.20 Å². The first-order valence-electron chi connectivity index (χ1n) is 9.70. The Morgan fingerprint density at radius 1 is 1.27 bits per heavy atom. The molecule has 0 atom stereocenters. The van der Waals surface area contributed by atoms with Crippen molar-refractivity contribution in [2.75, 3.05) is 18.4 Å². The third-order valence-electron chi connectivity index (χ3n) is 5.92. The Balaban J connectivity index is 1.90. The lowest BCUT2D eigenvalue weighted by atomic mass is 9.87. The van der Waals surface area contributed by atoms with Gasteiger partial charge in [-0.1, -0.05) is 34.6 Å². The lowest BCUT2D eigenvalue weighted by Crippen LogP contribution is -2.43. The molecule has 0 spiro atoms. The second kappa shape index (κ2) is 7.99. The third-order valence-corrected chi connectivity index (χ3v) is 10.3. The van der Waals surface area contributed by atoms with Gasteiger partial charge in [0.15, 0.2) is 0 Å². The van der Waals surface area contributed by atoms with Crippen molar-refractivity contribution in [1.82, 2.24) is 9.88 Å². The molecule has 0 radical (unpaired) electrons. The molecule has 1 saturated heterocycles. The topological polar surface area (TPSA) is 54.5 Å². The number of nitrogens with zero attached hydrogens (tertiary/aromatic N) is 2. The molecule has 0 aliphatic carbocycles. The molecule has 6 heteroatoms. The molecule has 2 amide bonds. The predicted octanol–water partition coefficient (Wildman–Crippen LogP) is 5.37. The van der Waals surface area contributed by atoms with Gasteiger partial charge < -0.3 is 9.33 Å². The van der Waals surface area contributed by atoms with E-state index in [-0.39, 0.29) is 11.1 Å². The fraction of sp³-hybridized carbons (Fsp3) is 0.700. The highest BCUT2D eigenvalue weighted by Crippen LogP contribution is 2.37. The minimum Gasteiger partial charge on any atom is -0.542 e. The van der Waals surface area contributed by atoms with Crippen LogP contribution >= 0.6 is 0 Å². The van der Waals surface area contributed by atoms with Crippen LogP contribution in [-0.2, 0) is 0 Å². The van der Waals surface area contributed by atoms with Gasteiger partial charge >= 0.3 is 6.03 Å². The zero-order valence-electron chi connectivity index (χ0n) is 17.4. The van der Waals surface area contributed by atoms with Crippen LogP contribution in [0.3, 0.4) is 0 Å². The number of rotatable bonds is 4. The molecule has 2 heterocycles. The molecule has 0 unspecified atom stereocenters. The van der Waals surface area contributed by atoms with Gasteiger partial charge in [-0.05, 0) is 54.9 Å². The number of hydrogen-bond acceptors (Lipinski definition) is 3. The van der Waals surface area contributed by atoms with Crippen LogP contribution in [0, 0.1) is 11.8 Å². The highest BCUT2D eigenvalue weighted by molar-refractivity contribution is 6.74. The van der Waals surface area contributed by atoms with Gasteiger partial charge in [0.25, 0.3) is 8.32 Å². The molecule has 1 aliphatic heterocycles. The van der Waals surface area contributed by atoms with E-state index in [1.165, 1.54) is 0 Å². The molecule has 2 rings (SSSR count). The van der Waals surface area contributed by atoms with Gasteiger partial charge in [0.2, 0.25) is 0 Å². The van der Waals surface area contributed by atoms with Crippen LogP contribution in [0.4, 0.5) is 10.6 Å². The summed E-state index contributed by atoms with van der Waals surface area (Å²) in [5.74, 6) is 2.76. The first-order valence-corrected chi connectivity index (χ1v) is 12.6. The third kappa shape index (κ3) is 5.22. The first kappa shape index (κ1) is 20.7. The van der Waals surface area contributed by atoms with Crippen LogP contribution in [0.1, 0.15) is 47.5 Å². The number of carbonyl (C=O) groups excluding carboxylic acids is 1. The Morgan fingerprint density at radius 2 is 1.88 bits per heavy atom. The number of aromatic nitrogens is 1. The normalized spacial score (nSPS) is 16.7. The molecule has 1 aliphatic rings. The van der Waals surface area contributed by atoms with Crippen molar-refractivity contribution < 1.29 is 9.22 Å². The molecular formula is C20H35N3O2Si. The first-order chi connectivity index (χ1) is 12.0. The van der Waals surface area contributed by atoms with E-state index in [2.05, 4.69) is 58.0 Å². The van der Waals surface area contributed by atoms with E-state index in [1.54, 1.807) is 6.20 Å². The Bertz CT molecular complexity index is 600. The number of likely N-dealkylation sites (tertiary alicyclic amines) is 1. The zero-order chi connectivity index (χ0) is 19.5. The maximum absolute atomic E-state index is 12.4. The highest BCUT2D eigenvalue weighted by atomic mass is 28.4. The van der Waals surface area contributed by atoms with Gasteiger partial charge in [0, 0.05) is 13.1 Å².